The second kappa shape index (κ2) is 6.02. The molecule has 2 rings (SSSR count). The molecule has 18 heavy (non-hydrogen) atoms. The van der Waals surface area contributed by atoms with Gasteiger partial charge in [-0.3, -0.25) is 4.90 Å². The molecule has 1 aromatic rings. The van der Waals surface area contributed by atoms with Gasteiger partial charge in [0.05, 0.1) is 12.6 Å². The summed E-state index contributed by atoms with van der Waals surface area (Å²) in [5.41, 5.74) is 7.29. The molecule has 3 N–H and O–H groups in total. The van der Waals surface area contributed by atoms with E-state index in [1.807, 2.05) is 25.1 Å². The maximum absolute atomic E-state index is 9.24. The number of aliphatic hydroxyl groups is 1. The zero-order chi connectivity index (χ0) is 13.1. The molecule has 1 aliphatic rings. The predicted octanol–water partition coefficient (Wildman–Crippen LogP) is 2.19. The molecule has 3 nitrogen and oxygen atoms in total. The minimum Gasteiger partial charge on any atom is -0.395 e. The molecular formula is C14H21ClN2O. The van der Waals surface area contributed by atoms with Crippen molar-refractivity contribution in [1.29, 1.82) is 0 Å². The van der Waals surface area contributed by atoms with E-state index in [2.05, 4.69) is 11.0 Å². The highest BCUT2D eigenvalue weighted by Gasteiger charge is 2.35. The molecule has 0 amide bonds. The van der Waals surface area contributed by atoms with Crippen LogP contribution in [0.2, 0.25) is 5.02 Å². The number of nitrogens with zero attached hydrogens (tertiary/aromatic N) is 1. The molecular weight excluding hydrogens is 248 g/mol. The second-order valence-corrected chi connectivity index (χ2v) is 5.49. The lowest BCUT2D eigenvalue weighted by Gasteiger charge is -2.34. The van der Waals surface area contributed by atoms with Crippen LogP contribution in [-0.2, 0) is 0 Å². The molecule has 4 heteroatoms. The summed E-state index contributed by atoms with van der Waals surface area (Å²) in [5.74, 6) is 0. The molecule has 0 aromatic heterocycles. The van der Waals surface area contributed by atoms with E-state index in [-0.39, 0.29) is 18.7 Å². The number of aliphatic hydroxyl groups excluding tert-OH is 1. The van der Waals surface area contributed by atoms with Gasteiger partial charge in [-0.25, -0.2) is 0 Å². The van der Waals surface area contributed by atoms with Crippen LogP contribution in [0.5, 0.6) is 0 Å². The Morgan fingerprint density at radius 2 is 2.22 bits per heavy atom. The fourth-order valence-electron chi connectivity index (χ4n) is 2.56. The van der Waals surface area contributed by atoms with E-state index in [0.29, 0.717) is 12.6 Å². The molecule has 1 aliphatic carbocycles. The van der Waals surface area contributed by atoms with Gasteiger partial charge in [0.1, 0.15) is 0 Å². The quantitative estimate of drug-likeness (QED) is 0.832. The van der Waals surface area contributed by atoms with Crippen molar-refractivity contribution in [2.45, 2.75) is 37.9 Å². The zero-order valence-corrected chi connectivity index (χ0v) is 11.5. The third-order valence-corrected chi connectivity index (χ3v) is 3.65. The van der Waals surface area contributed by atoms with Crippen LogP contribution in [0.15, 0.2) is 24.3 Å². The lowest BCUT2D eigenvalue weighted by atomic mass is 9.99. The van der Waals surface area contributed by atoms with E-state index in [1.54, 1.807) is 0 Å². The maximum Gasteiger partial charge on any atom is 0.0558 e. The highest BCUT2D eigenvalue weighted by molar-refractivity contribution is 6.30. The van der Waals surface area contributed by atoms with Crippen molar-refractivity contribution in [2.24, 2.45) is 5.73 Å². The Bertz CT molecular complexity index is 393. The van der Waals surface area contributed by atoms with Crippen LogP contribution in [0.3, 0.4) is 0 Å². The summed E-state index contributed by atoms with van der Waals surface area (Å²) in [5, 5.41) is 9.97. The zero-order valence-electron chi connectivity index (χ0n) is 10.7. The van der Waals surface area contributed by atoms with Crippen molar-refractivity contribution in [1.82, 2.24) is 4.90 Å². The van der Waals surface area contributed by atoms with Crippen LogP contribution < -0.4 is 5.73 Å². The average molecular weight is 269 g/mol. The van der Waals surface area contributed by atoms with Crippen LogP contribution in [0.1, 0.15) is 31.4 Å². The summed E-state index contributed by atoms with van der Waals surface area (Å²) in [6, 6.07) is 8.56. The number of hydrogen-bond acceptors (Lipinski definition) is 3. The number of hydrogen-bond donors (Lipinski definition) is 2. The second-order valence-electron chi connectivity index (χ2n) is 5.05. The van der Waals surface area contributed by atoms with Gasteiger partial charge in [-0.2, -0.15) is 0 Å². The minimum absolute atomic E-state index is 0.00983. The molecule has 1 aromatic carbocycles. The van der Waals surface area contributed by atoms with E-state index >= 15 is 0 Å². The lowest BCUT2D eigenvalue weighted by Crippen LogP contribution is -2.42. The highest BCUT2D eigenvalue weighted by Crippen LogP contribution is 2.35. The van der Waals surface area contributed by atoms with Crippen molar-refractivity contribution < 1.29 is 5.11 Å². The Kier molecular flexibility index (Phi) is 4.62. The molecule has 0 spiro atoms. The Morgan fingerprint density at radius 3 is 2.72 bits per heavy atom. The first-order valence-corrected chi connectivity index (χ1v) is 6.89. The standard InChI is InChI=1S/C14H21ClN2O/c1-10(16)14(11-3-2-4-12(15)9-11)17(7-8-18)13-5-6-13/h2-4,9-10,13-14,18H,5-8,16H2,1H3. The molecule has 0 heterocycles. The van der Waals surface area contributed by atoms with Gasteiger partial charge in [0.25, 0.3) is 0 Å². The lowest BCUT2D eigenvalue weighted by molar-refractivity contribution is 0.129. The number of halogens is 1. The summed E-state index contributed by atoms with van der Waals surface area (Å²) in [7, 11) is 0. The number of nitrogens with two attached hydrogens (primary N) is 1. The largest absolute Gasteiger partial charge is 0.395 e. The van der Waals surface area contributed by atoms with E-state index < -0.39 is 0 Å². The summed E-state index contributed by atoms with van der Waals surface area (Å²) in [6.07, 6.45) is 2.40. The Balaban J connectivity index is 2.25. The minimum atomic E-state index is 0.00983. The van der Waals surface area contributed by atoms with Crippen molar-refractivity contribution in [3.63, 3.8) is 0 Å². The monoisotopic (exact) mass is 268 g/mol. The van der Waals surface area contributed by atoms with Gasteiger partial charge in [-0.05, 0) is 37.5 Å². The Morgan fingerprint density at radius 1 is 1.50 bits per heavy atom. The summed E-state index contributed by atoms with van der Waals surface area (Å²) in [6.45, 7) is 2.85. The van der Waals surface area contributed by atoms with Gasteiger partial charge in [-0.1, -0.05) is 23.7 Å². The van der Waals surface area contributed by atoms with E-state index in [0.717, 1.165) is 10.6 Å². The molecule has 0 radical (unpaired) electrons. The van der Waals surface area contributed by atoms with Crippen LogP contribution in [0, 0.1) is 0 Å². The fraction of sp³-hybridized carbons (Fsp3) is 0.571. The third kappa shape index (κ3) is 3.23. The van der Waals surface area contributed by atoms with Crippen molar-refractivity contribution in [3.05, 3.63) is 34.9 Å². The summed E-state index contributed by atoms with van der Waals surface area (Å²) >= 11 is 6.06. The first kappa shape index (κ1) is 13.8. The van der Waals surface area contributed by atoms with Crippen LogP contribution >= 0.6 is 11.6 Å². The van der Waals surface area contributed by atoms with Crippen LogP contribution in [0.4, 0.5) is 0 Å². The fourth-order valence-corrected chi connectivity index (χ4v) is 2.76. The maximum atomic E-state index is 9.24. The first-order valence-electron chi connectivity index (χ1n) is 6.51. The Hall–Kier alpha value is -0.610. The topological polar surface area (TPSA) is 49.5 Å². The average Bonchev–Trinajstić information content (AvgIpc) is 3.11. The molecule has 2 atom stereocenters. The molecule has 0 aliphatic heterocycles. The van der Waals surface area contributed by atoms with E-state index in [1.165, 1.54) is 12.8 Å². The van der Waals surface area contributed by atoms with Crippen molar-refractivity contribution >= 4 is 11.6 Å². The smallest absolute Gasteiger partial charge is 0.0558 e. The summed E-state index contributed by atoms with van der Waals surface area (Å²) < 4.78 is 0. The van der Waals surface area contributed by atoms with Gasteiger partial charge in [0.15, 0.2) is 0 Å². The number of benzene rings is 1. The van der Waals surface area contributed by atoms with Crippen LogP contribution in [-0.4, -0.2) is 35.2 Å². The molecule has 0 bridgehead atoms. The summed E-state index contributed by atoms with van der Waals surface area (Å²) in [4.78, 5) is 2.32. The number of rotatable bonds is 6. The predicted molar refractivity (Wildman–Crippen MR) is 74.7 cm³/mol. The molecule has 1 saturated carbocycles. The van der Waals surface area contributed by atoms with Gasteiger partial charge in [0.2, 0.25) is 0 Å². The molecule has 1 fully saturated rings. The van der Waals surface area contributed by atoms with Gasteiger partial charge >= 0.3 is 0 Å². The van der Waals surface area contributed by atoms with E-state index in [4.69, 9.17) is 17.3 Å². The first-order chi connectivity index (χ1) is 8.63. The van der Waals surface area contributed by atoms with Gasteiger partial charge in [-0.15, -0.1) is 0 Å². The Labute approximate surface area is 114 Å². The molecule has 2 unspecified atom stereocenters. The van der Waals surface area contributed by atoms with Crippen molar-refractivity contribution in [3.8, 4) is 0 Å². The molecule has 100 valence electrons. The van der Waals surface area contributed by atoms with Crippen LogP contribution in [0.25, 0.3) is 0 Å². The highest BCUT2D eigenvalue weighted by atomic mass is 35.5. The third-order valence-electron chi connectivity index (χ3n) is 3.42. The van der Waals surface area contributed by atoms with E-state index in [9.17, 15) is 5.11 Å². The molecule has 0 saturated heterocycles. The van der Waals surface area contributed by atoms with Crippen molar-refractivity contribution in [2.75, 3.05) is 13.2 Å². The normalized spacial score (nSPS) is 18.9. The SMILES string of the molecule is CC(N)C(c1cccc(Cl)c1)N(CCO)C1CC1. The van der Waals surface area contributed by atoms with Gasteiger partial charge < -0.3 is 10.8 Å². The van der Waals surface area contributed by atoms with Gasteiger partial charge in [0, 0.05) is 23.7 Å².